The summed E-state index contributed by atoms with van der Waals surface area (Å²) in [5, 5.41) is 3.47. The SMILES string of the molecule is CCCOc1ccc(C(C)NCCOCC(C)C)cc1. The molecule has 1 atom stereocenters. The van der Waals surface area contributed by atoms with Crippen LogP contribution in [0.1, 0.15) is 45.7 Å². The van der Waals surface area contributed by atoms with E-state index in [1.807, 2.05) is 12.1 Å². The van der Waals surface area contributed by atoms with Gasteiger partial charge < -0.3 is 14.8 Å². The van der Waals surface area contributed by atoms with E-state index < -0.39 is 0 Å². The Hall–Kier alpha value is -1.06. The van der Waals surface area contributed by atoms with Crippen LogP contribution in [0.15, 0.2) is 24.3 Å². The molecule has 0 fully saturated rings. The Kier molecular flexibility index (Phi) is 8.31. The molecular weight excluding hydrogens is 250 g/mol. The largest absolute Gasteiger partial charge is 0.494 e. The summed E-state index contributed by atoms with van der Waals surface area (Å²) in [6, 6.07) is 8.66. The lowest BCUT2D eigenvalue weighted by molar-refractivity contribution is 0.110. The van der Waals surface area contributed by atoms with Crippen LogP contribution < -0.4 is 10.1 Å². The van der Waals surface area contributed by atoms with E-state index >= 15 is 0 Å². The molecule has 0 aliphatic carbocycles. The van der Waals surface area contributed by atoms with Crippen molar-refractivity contribution in [2.75, 3.05) is 26.4 Å². The molecule has 3 nitrogen and oxygen atoms in total. The predicted octanol–water partition coefficient (Wildman–Crippen LogP) is 3.80. The minimum atomic E-state index is 0.331. The normalized spacial score (nSPS) is 12.7. The van der Waals surface area contributed by atoms with Gasteiger partial charge in [0.2, 0.25) is 0 Å². The van der Waals surface area contributed by atoms with Crippen LogP contribution in [0.25, 0.3) is 0 Å². The summed E-state index contributed by atoms with van der Waals surface area (Å²) < 4.78 is 11.1. The minimum absolute atomic E-state index is 0.331. The van der Waals surface area contributed by atoms with Crippen LogP contribution in [0.5, 0.6) is 5.75 Å². The summed E-state index contributed by atoms with van der Waals surface area (Å²) in [4.78, 5) is 0. The van der Waals surface area contributed by atoms with Crippen LogP contribution in [-0.4, -0.2) is 26.4 Å². The summed E-state index contributed by atoms with van der Waals surface area (Å²) in [5.74, 6) is 1.55. The molecule has 0 spiro atoms. The van der Waals surface area contributed by atoms with Gasteiger partial charge in [0.05, 0.1) is 13.2 Å². The third kappa shape index (κ3) is 6.92. The second-order valence-electron chi connectivity index (χ2n) is 5.56. The molecular formula is C17H29NO2. The molecule has 0 aliphatic rings. The zero-order valence-electron chi connectivity index (χ0n) is 13.3. The Balaban J connectivity index is 2.26. The highest BCUT2D eigenvalue weighted by molar-refractivity contribution is 5.28. The van der Waals surface area contributed by atoms with Gasteiger partial charge in [-0.1, -0.05) is 32.9 Å². The van der Waals surface area contributed by atoms with Gasteiger partial charge in [-0.3, -0.25) is 0 Å². The highest BCUT2D eigenvalue weighted by Crippen LogP contribution is 2.17. The van der Waals surface area contributed by atoms with E-state index in [1.54, 1.807) is 0 Å². The third-order valence-corrected chi connectivity index (χ3v) is 3.00. The maximum Gasteiger partial charge on any atom is 0.119 e. The van der Waals surface area contributed by atoms with Crippen molar-refractivity contribution < 1.29 is 9.47 Å². The van der Waals surface area contributed by atoms with Crippen LogP contribution in [0, 0.1) is 5.92 Å². The smallest absolute Gasteiger partial charge is 0.119 e. The molecule has 1 aromatic carbocycles. The first kappa shape index (κ1) is 17.0. The van der Waals surface area contributed by atoms with E-state index in [4.69, 9.17) is 9.47 Å². The molecule has 0 aromatic heterocycles. The molecule has 1 rings (SSSR count). The highest BCUT2D eigenvalue weighted by Gasteiger charge is 2.04. The fourth-order valence-electron chi connectivity index (χ4n) is 1.86. The maximum atomic E-state index is 5.58. The molecule has 1 N–H and O–H groups in total. The average Bonchev–Trinajstić information content (AvgIpc) is 2.44. The van der Waals surface area contributed by atoms with Gasteiger partial charge in [-0.05, 0) is 37.0 Å². The Morgan fingerprint density at radius 1 is 1.05 bits per heavy atom. The first-order chi connectivity index (χ1) is 9.63. The summed E-state index contributed by atoms with van der Waals surface area (Å²) in [6.45, 7) is 11.9. The first-order valence-electron chi connectivity index (χ1n) is 7.67. The van der Waals surface area contributed by atoms with E-state index in [2.05, 4.69) is 45.1 Å². The topological polar surface area (TPSA) is 30.5 Å². The van der Waals surface area contributed by atoms with Crippen molar-refractivity contribution in [1.82, 2.24) is 5.32 Å². The van der Waals surface area contributed by atoms with Gasteiger partial charge in [0.1, 0.15) is 5.75 Å². The van der Waals surface area contributed by atoms with Crippen LogP contribution >= 0.6 is 0 Å². The first-order valence-corrected chi connectivity index (χ1v) is 7.67. The molecule has 0 bridgehead atoms. The number of hydrogen-bond donors (Lipinski definition) is 1. The predicted molar refractivity (Wildman–Crippen MR) is 84.3 cm³/mol. The molecule has 0 aliphatic heterocycles. The maximum absolute atomic E-state index is 5.58. The van der Waals surface area contributed by atoms with Gasteiger partial charge >= 0.3 is 0 Å². The van der Waals surface area contributed by atoms with Crippen molar-refractivity contribution in [1.29, 1.82) is 0 Å². The van der Waals surface area contributed by atoms with Crippen LogP contribution in [0.3, 0.4) is 0 Å². The van der Waals surface area contributed by atoms with Crippen molar-refractivity contribution in [3.8, 4) is 5.75 Å². The number of hydrogen-bond acceptors (Lipinski definition) is 3. The summed E-state index contributed by atoms with van der Waals surface area (Å²) >= 11 is 0. The molecule has 0 heterocycles. The fourth-order valence-corrected chi connectivity index (χ4v) is 1.86. The van der Waals surface area contributed by atoms with Crippen molar-refractivity contribution in [2.24, 2.45) is 5.92 Å². The lowest BCUT2D eigenvalue weighted by atomic mass is 10.1. The molecule has 20 heavy (non-hydrogen) atoms. The Labute approximate surface area is 123 Å². The lowest BCUT2D eigenvalue weighted by Gasteiger charge is -2.15. The van der Waals surface area contributed by atoms with Crippen LogP contribution in [0.4, 0.5) is 0 Å². The third-order valence-electron chi connectivity index (χ3n) is 3.00. The second-order valence-corrected chi connectivity index (χ2v) is 5.56. The number of rotatable bonds is 10. The van der Waals surface area contributed by atoms with Crippen LogP contribution in [0.2, 0.25) is 0 Å². The zero-order valence-corrected chi connectivity index (χ0v) is 13.3. The molecule has 1 unspecified atom stereocenters. The van der Waals surface area contributed by atoms with Crippen LogP contribution in [-0.2, 0) is 4.74 Å². The summed E-state index contributed by atoms with van der Waals surface area (Å²) in [5.41, 5.74) is 1.28. The summed E-state index contributed by atoms with van der Waals surface area (Å²) in [6.07, 6.45) is 1.04. The number of benzene rings is 1. The van der Waals surface area contributed by atoms with E-state index in [0.29, 0.717) is 12.0 Å². The quantitative estimate of drug-likeness (QED) is 0.661. The van der Waals surface area contributed by atoms with E-state index in [-0.39, 0.29) is 0 Å². The van der Waals surface area contributed by atoms with E-state index in [0.717, 1.165) is 38.5 Å². The van der Waals surface area contributed by atoms with E-state index in [1.165, 1.54) is 5.56 Å². The van der Waals surface area contributed by atoms with Gasteiger partial charge in [-0.15, -0.1) is 0 Å². The Morgan fingerprint density at radius 2 is 1.75 bits per heavy atom. The average molecular weight is 279 g/mol. The van der Waals surface area contributed by atoms with Gasteiger partial charge in [0.25, 0.3) is 0 Å². The molecule has 0 saturated carbocycles. The molecule has 1 aromatic rings. The molecule has 0 radical (unpaired) electrons. The van der Waals surface area contributed by atoms with Gasteiger partial charge in [-0.25, -0.2) is 0 Å². The van der Waals surface area contributed by atoms with Gasteiger partial charge in [0.15, 0.2) is 0 Å². The monoisotopic (exact) mass is 279 g/mol. The van der Waals surface area contributed by atoms with Gasteiger partial charge in [0, 0.05) is 19.2 Å². The lowest BCUT2D eigenvalue weighted by Crippen LogP contribution is -2.23. The van der Waals surface area contributed by atoms with Crippen molar-refractivity contribution in [2.45, 2.75) is 40.2 Å². The van der Waals surface area contributed by atoms with E-state index in [9.17, 15) is 0 Å². The molecule has 114 valence electrons. The fraction of sp³-hybridized carbons (Fsp3) is 0.647. The molecule has 3 heteroatoms. The Bertz CT molecular complexity index is 349. The van der Waals surface area contributed by atoms with Crippen molar-refractivity contribution in [3.05, 3.63) is 29.8 Å². The second kappa shape index (κ2) is 9.78. The molecule has 0 saturated heterocycles. The minimum Gasteiger partial charge on any atom is -0.494 e. The summed E-state index contributed by atoms with van der Waals surface area (Å²) in [7, 11) is 0. The number of nitrogens with one attached hydrogen (secondary N) is 1. The number of ether oxygens (including phenoxy) is 2. The van der Waals surface area contributed by atoms with Gasteiger partial charge in [-0.2, -0.15) is 0 Å². The zero-order chi connectivity index (χ0) is 14.8. The standard InChI is InChI=1S/C17H29NO2/c1-5-11-20-17-8-6-16(7-9-17)15(4)18-10-12-19-13-14(2)3/h6-9,14-15,18H,5,10-13H2,1-4H3. The van der Waals surface area contributed by atoms with Crippen molar-refractivity contribution >= 4 is 0 Å². The van der Waals surface area contributed by atoms with Crippen molar-refractivity contribution in [3.63, 3.8) is 0 Å². The molecule has 0 amide bonds. The Morgan fingerprint density at radius 3 is 2.35 bits per heavy atom. The highest BCUT2D eigenvalue weighted by atomic mass is 16.5.